The number of anilines is 2. The molecule has 2 aliphatic rings. The van der Waals surface area contributed by atoms with E-state index in [2.05, 4.69) is 57.4 Å². The van der Waals surface area contributed by atoms with Crippen LogP contribution in [0.4, 0.5) is 17.5 Å². The van der Waals surface area contributed by atoms with Gasteiger partial charge in [-0.2, -0.15) is 9.35 Å². The van der Waals surface area contributed by atoms with Gasteiger partial charge in [0.15, 0.2) is 17.3 Å². The Morgan fingerprint density at radius 3 is 2.70 bits per heavy atom. The van der Waals surface area contributed by atoms with Gasteiger partial charge in [0.25, 0.3) is 5.56 Å². The zero-order chi connectivity index (χ0) is 30.3. The lowest BCUT2D eigenvalue weighted by atomic mass is 9.86. The van der Waals surface area contributed by atoms with Crippen LogP contribution in [0.15, 0.2) is 58.3 Å². The molecule has 226 valence electrons. The normalized spacial score (nSPS) is 17.4. The molecule has 0 bridgehead atoms. The van der Waals surface area contributed by atoms with Gasteiger partial charge in [-0.1, -0.05) is 12.1 Å². The Morgan fingerprint density at radius 1 is 1.19 bits per heavy atom. The molecule has 1 aromatic carbocycles. The SMILES string of the molecule is C=CCn1c(=O)c2cnc(Nc3cc4c(c(C5CCOCC5)c3)CC(N(C)C)C4)nc2n1-c1cccc(N=S(C)(C)=O)n1. The van der Waals surface area contributed by atoms with Crippen molar-refractivity contribution in [3.05, 3.63) is 76.2 Å². The largest absolute Gasteiger partial charge is 0.381 e. The summed E-state index contributed by atoms with van der Waals surface area (Å²) in [5, 5.41) is 3.80. The lowest BCUT2D eigenvalue weighted by Gasteiger charge is -2.25. The minimum Gasteiger partial charge on any atom is -0.381 e. The van der Waals surface area contributed by atoms with Crippen molar-refractivity contribution in [3.8, 4) is 5.82 Å². The molecule has 6 rings (SSSR count). The smallest absolute Gasteiger partial charge is 0.278 e. The number of hydrogen-bond donors (Lipinski definition) is 1. The van der Waals surface area contributed by atoms with Gasteiger partial charge in [0.05, 0.1) is 6.54 Å². The van der Waals surface area contributed by atoms with E-state index < -0.39 is 9.73 Å². The van der Waals surface area contributed by atoms with Crippen LogP contribution in [0.2, 0.25) is 0 Å². The maximum atomic E-state index is 13.4. The summed E-state index contributed by atoms with van der Waals surface area (Å²) in [6.45, 7) is 5.63. The second-order valence-corrected chi connectivity index (χ2v) is 14.3. The average molecular weight is 603 g/mol. The molecule has 0 saturated carbocycles. The minimum atomic E-state index is -2.43. The van der Waals surface area contributed by atoms with Gasteiger partial charge in [-0.05, 0) is 86.7 Å². The topological polar surface area (TPSA) is 120 Å². The maximum Gasteiger partial charge on any atom is 0.278 e. The zero-order valence-electron chi connectivity index (χ0n) is 25.1. The van der Waals surface area contributed by atoms with E-state index in [0.717, 1.165) is 44.6 Å². The van der Waals surface area contributed by atoms with Crippen LogP contribution in [-0.2, 0) is 33.9 Å². The minimum absolute atomic E-state index is 0.242. The molecule has 1 saturated heterocycles. The van der Waals surface area contributed by atoms with E-state index in [1.165, 1.54) is 21.4 Å². The van der Waals surface area contributed by atoms with Crippen molar-refractivity contribution in [1.82, 2.24) is 29.2 Å². The summed E-state index contributed by atoms with van der Waals surface area (Å²) in [5.41, 5.74) is 5.28. The fourth-order valence-electron chi connectivity index (χ4n) is 6.10. The number of benzene rings is 1. The molecule has 1 unspecified atom stereocenters. The van der Waals surface area contributed by atoms with E-state index >= 15 is 0 Å². The Bertz CT molecular complexity index is 1870. The molecule has 1 aliphatic carbocycles. The molecule has 0 radical (unpaired) electrons. The van der Waals surface area contributed by atoms with Crippen LogP contribution in [0, 0.1) is 0 Å². The first kappa shape index (κ1) is 29.2. The summed E-state index contributed by atoms with van der Waals surface area (Å²) in [6, 6.07) is 10.1. The second kappa shape index (κ2) is 11.7. The molecule has 0 amide bonds. The number of fused-ring (bicyclic) bond motifs is 2. The number of nitrogens with one attached hydrogen (secondary N) is 1. The number of hydrogen-bond acceptors (Lipinski definition) is 9. The van der Waals surface area contributed by atoms with Gasteiger partial charge in [0, 0.05) is 53.4 Å². The van der Waals surface area contributed by atoms with Gasteiger partial charge in [-0.3, -0.25) is 4.79 Å². The Balaban J connectivity index is 1.43. The van der Waals surface area contributed by atoms with Gasteiger partial charge in [0.2, 0.25) is 5.95 Å². The third kappa shape index (κ3) is 5.99. The highest BCUT2D eigenvalue weighted by molar-refractivity contribution is 7.92. The van der Waals surface area contributed by atoms with E-state index in [-0.39, 0.29) is 12.1 Å². The van der Waals surface area contributed by atoms with Crippen molar-refractivity contribution in [2.45, 2.75) is 44.2 Å². The molecule has 3 aromatic heterocycles. The first-order chi connectivity index (χ1) is 20.6. The third-order valence-corrected chi connectivity index (χ3v) is 8.77. The van der Waals surface area contributed by atoms with Crippen molar-refractivity contribution >= 4 is 38.2 Å². The summed E-state index contributed by atoms with van der Waals surface area (Å²) in [4.78, 5) is 29.7. The second-order valence-electron chi connectivity index (χ2n) is 11.8. The number of nitrogens with zero attached hydrogens (tertiary/aromatic N) is 7. The molecule has 1 atom stereocenters. The summed E-state index contributed by atoms with van der Waals surface area (Å²) < 4.78 is 25.4. The highest BCUT2D eigenvalue weighted by Crippen LogP contribution is 2.38. The van der Waals surface area contributed by atoms with E-state index in [0.29, 0.717) is 40.6 Å². The van der Waals surface area contributed by atoms with E-state index in [4.69, 9.17) is 9.72 Å². The van der Waals surface area contributed by atoms with Crippen molar-refractivity contribution in [2.24, 2.45) is 4.36 Å². The van der Waals surface area contributed by atoms with Gasteiger partial charge < -0.3 is 15.0 Å². The molecule has 0 spiro atoms. The van der Waals surface area contributed by atoms with E-state index in [1.54, 1.807) is 47.7 Å². The standard InChI is InChI=1S/C31H38N8O3S/c1-6-12-38-30(40)26-19-32-31(35-29(26)39(38)28-9-7-8-27(34-28)36-43(4,5)41)33-22-15-21-16-23(37(2)3)18-25(21)24(17-22)20-10-13-42-14-11-20/h6-9,15,17,19-20,23H,1,10-14,16,18H2,2-5H3,(H,32,33,35). The van der Waals surface area contributed by atoms with E-state index in [9.17, 15) is 9.00 Å². The van der Waals surface area contributed by atoms with Crippen molar-refractivity contribution < 1.29 is 8.95 Å². The first-order valence-corrected chi connectivity index (χ1v) is 16.9. The third-order valence-electron chi connectivity index (χ3n) is 8.15. The molecule has 11 nitrogen and oxygen atoms in total. The van der Waals surface area contributed by atoms with Crippen LogP contribution in [-0.4, -0.2) is 79.3 Å². The van der Waals surface area contributed by atoms with Crippen LogP contribution in [0.1, 0.15) is 35.4 Å². The molecule has 4 heterocycles. The van der Waals surface area contributed by atoms with E-state index in [1.807, 2.05) is 0 Å². The maximum absolute atomic E-state index is 13.4. The Hall–Kier alpha value is -3.87. The number of likely N-dealkylation sites (N-methyl/N-ethyl adjacent to an activating group) is 1. The number of ether oxygens (including phenoxy) is 1. The Kier molecular flexibility index (Phi) is 7.92. The molecular formula is C31H38N8O3S. The lowest BCUT2D eigenvalue weighted by molar-refractivity contribution is 0.0851. The monoisotopic (exact) mass is 602 g/mol. The fraction of sp³-hybridized carbons (Fsp3) is 0.419. The molecule has 43 heavy (non-hydrogen) atoms. The van der Waals surface area contributed by atoms with Gasteiger partial charge in [0.1, 0.15) is 5.39 Å². The molecule has 1 N–H and O–H groups in total. The summed E-state index contributed by atoms with van der Waals surface area (Å²) >= 11 is 0. The average Bonchev–Trinajstić information content (AvgIpc) is 3.52. The Labute approximate surface area is 251 Å². The van der Waals surface area contributed by atoms with Gasteiger partial charge in [-0.25, -0.2) is 23.5 Å². The van der Waals surface area contributed by atoms with Crippen LogP contribution in [0.5, 0.6) is 0 Å². The van der Waals surface area contributed by atoms with Gasteiger partial charge >= 0.3 is 0 Å². The molecular weight excluding hydrogens is 564 g/mol. The Morgan fingerprint density at radius 2 is 1.98 bits per heavy atom. The summed E-state index contributed by atoms with van der Waals surface area (Å²) in [7, 11) is 1.86. The molecule has 4 aromatic rings. The highest BCUT2D eigenvalue weighted by atomic mass is 32.2. The fourth-order valence-corrected chi connectivity index (χ4v) is 6.66. The van der Waals surface area contributed by atoms with Crippen molar-refractivity contribution in [3.63, 3.8) is 0 Å². The summed E-state index contributed by atoms with van der Waals surface area (Å²) in [5.74, 6) is 1.58. The lowest BCUT2D eigenvalue weighted by Crippen LogP contribution is -2.28. The van der Waals surface area contributed by atoms with Crippen LogP contribution in [0.25, 0.3) is 16.9 Å². The number of pyridine rings is 1. The van der Waals surface area contributed by atoms with Crippen LogP contribution >= 0.6 is 0 Å². The summed E-state index contributed by atoms with van der Waals surface area (Å²) in [6.07, 6.45) is 10.4. The molecule has 1 fully saturated rings. The predicted octanol–water partition coefficient (Wildman–Crippen LogP) is 4.19. The molecule has 1 aliphatic heterocycles. The van der Waals surface area contributed by atoms with Gasteiger partial charge in [-0.15, -0.1) is 6.58 Å². The van der Waals surface area contributed by atoms with Crippen molar-refractivity contribution in [1.29, 1.82) is 0 Å². The quantitative estimate of drug-likeness (QED) is 0.298. The first-order valence-electron chi connectivity index (χ1n) is 14.5. The van der Waals surface area contributed by atoms with Crippen molar-refractivity contribution in [2.75, 3.05) is 45.1 Å². The molecule has 12 heteroatoms. The zero-order valence-corrected chi connectivity index (χ0v) is 25.9. The highest BCUT2D eigenvalue weighted by Gasteiger charge is 2.29. The van der Waals surface area contributed by atoms with Crippen LogP contribution in [0.3, 0.4) is 0 Å². The van der Waals surface area contributed by atoms with Crippen LogP contribution < -0.4 is 10.9 Å². The number of aromatic nitrogens is 5. The number of rotatable bonds is 8. The predicted molar refractivity (Wildman–Crippen MR) is 171 cm³/mol. The number of allylic oxidation sites excluding steroid dienone is 1.